The van der Waals surface area contributed by atoms with E-state index < -0.39 is 0 Å². The molecule has 1 aromatic rings. The maximum Gasteiger partial charge on any atom is 0.407 e. The summed E-state index contributed by atoms with van der Waals surface area (Å²) in [4.78, 5) is 17.3. The van der Waals surface area contributed by atoms with Gasteiger partial charge in [0.1, 0.15) is 0 Å². The molecule has 2 unspecified atom stereocenters. The third-order valence-corrected chi connectivity index (χ3v) is 4.80. The highest BCUT2D eigenvalue weighted by Crippen LogP contribution is 2.19. The topological polar surface area (TPSA) is 74.8 Å². The fourth-order valence-electron chi connectivity index (χ4n) is 2.46. The second-order valence-corrected chi connectivity index (χ2v) is 7.42. The van der Waals surface area contributed by atoms with Crippen molar-refractivity contribution in [3.8, 4) is 0 Å². The van der Waals surface area contributed by atoms with Crippen molar-refractivity contribution in [3.63, 3.8) is 0 Å². The van der Waals surface area contributed by atoms with Crippen molar-refractivity contribution in [1.29, 1.82) is 0 Å². The largest absolute Gasteiger partial charge is 0.450 e. The minimum Gasteiger partial charge on any atom is -0.450 e. The number of rotatable bonds is 9. The fourth-order valence-corrected chi connectivity index (χ4v) is 3.25. The number of carbonyl (C=O) groups excluding carboxylic acids is 1. The van der Waals surface area contributed by atoms with Gasteiger partial charge in [-0.2, -0.15) is 0 Å². The smallest absolute Gasteiger partial charge is 0.407 e. The summed E-state index contributed by atoms with van der Waals surface area (Å²) in [5.41, 5.74) is 0. The Labute approximate surface area is 178 Å². The van der Waals surface area contributed by atoms with Crippen molar-refractivity contribution in [2.75, 3.05) is 26.7 Å². The summed E-state index contributed by atoms with van der Waals surface area (Å²) in [5.74, 6) is 1.63. The van der Waals surface area contributed by atoms with E-state index in [1.165, 1.54) is 4.88 Å². The van der Waals surface area contributed by atoms with E-state index >= 15 is 0 Å². The number of carbonyl (C=O) groups is 1. The molecule has 0 radical (unpaired) electrons. The van der Waals surface area contributed by atoms with Crippen LogP contribution in [-0.4, -0.2) is 44.8 Å². The van der Waals surface area contributed by atoms with E-state index in [4.69, 9.17) is 4.74 Å². The van der Waals surface area contributed by atoms with Gasteiger partial charge in [0.25, 0.3) is 0 Å². The minimum atomic E-state index is -0.371. The van der Waals surface area contributed by atoms with Crippen LogP contribution in [-0.2, 0) is 4.74 Å². The summed E-state index contributed by atoms with van der Waals surface area (Å²) in [7, 11) is 1.75. The van der Waals surface area contributed by atoms with Crippen molar-refractivity contribution >= 4 is 47.4 Å². The Balaban J connectivity index is 0.00000625. The molecule has 0 aromatic carbocycles. The zero-order chi connectivity index (χ0) is 18.7. The standard InChI is InChI=1S/C18H32N4O2S.HI/c1-6-24-18(23)22-15(10-13(2)3)12-21-17(19-5)20-11-14(4)16-8-7-9-25-16;/h7-9,13-15H,6,10-12H2,1-5H3,(H,22,23)(H2,19,20,21);1H. The molecule has 2 atom stereocenters. The van der Waals surface area contributed by atoms with Gasteiger partial charge >= 0.3 is 6.09 Å². The SMILES string of the molecule is CCOC(=O)NC(CNC(=NC)NCC(C)c1cccs1)CC(C)C.I. The summed E-state index contributed by atoms with van der Waals surface area (Å²) in [6.45, 7) is 10.0. The maximum absolute atomic E-state index is 11.7. The number of thiophene rings is 1. The van der Waals surface area contributed by atoms with E-state index in [1.54, 1.807) is 25.3 Å². The number of aliphatic imine (C=N–C) groups is 1. The maximum atomic E-state index is 11.7. The van der Waals surface area contributed by atoms with E-state index in [1.807, 2.05) is 0 Å². The summed E-state index contributed by atoms with van der Waals surface area (Å²) in [6.07, 6.45) is 0.498. The molecular weight excluding hydrogens is 463 g/mol. The number of hydrogen-bond acceptors (Lipinski definition) is 4. The third-order valence-electron chi connectivity index (χ3n) is 3.70. The van der Waals surface area contributed by atoms with E-state index in [0.717, 1.165) is 18.9 Å². The van der Waals surface area contributed by atoms with E-state index in [9.17, 15) is 4.79 Å². The van der Waals surface area contributed by atoms with Gasteiger partial charge in [0, 0.05) is 37.0 Å². The summed E-state index contributed by atoms with van der Waals surface area (Å²) in [6, 6.07) is 4.21. The van der Waals surface area contributed by atoms with Crippen LogP contribution in [0, 0.1) is 5.92 Å². The Kier molecular flexibility index (Phi) is 13.5. The molecule has 1 rings (SSSR count). The number of guanidine groups is 1. The quantitative estimate of drug-likeness (QED) is 0.276. The van der Waals surface area contributed by atoms with Crippen LogP contribution in [0.25, 0.3) is 0 Å². The van der Waals surface area contributed by atoms with Crippen LogP contribution < -0.4 is 16.0 Å². The van der Waals surface area contributed by atoms with Crippen LogP contribution >= 0.6 is 35.3 Å². The Morgan fingerprint density at radius 3 is 2.50 bits per heavy atom. The lowest BCUT2D eigenvalue weighted by atomic mass is 10.0. The molecule has 0 aliphatic carbocycles. The van der Waals surface area contributed by atoms with Crippen LogP contribution in [0.5, 0.6) is 0 Å². The molecule has 0 saturated carbocycles. The van der Waals surface area contributed by atoms with Crippen molar-refractivity contribution in [2.45, 2.75) is 46.1 Å². The van der Waals surface area contributed by atoms with Gasteiger partial charge in [0.2, 0.25) is 0 Å². The molecule has 1 heterocycles. The molecule has 8 heteroatoms. The first-order valence-electron chi connectivity index (χ1n) is 8.87. The van der Waals surface area contributed by atoms with Gasteiger partial charge in [-0.15, -0.1) is 35.3 Å². The third kappa shape index (κ3) is 10.2. The second kappa shape index (κ2) is 14.1. The molecule has 0 aliphatic heterocycles. The van der Waals surface area contributed by atoms with E-state index in [2.05, 4.69) is 59.2 Å². The van der Waals surface area contributed by atoms with Gasteiger partial charge in [-0.1, -0.05) is 26.8 Å². The monoisotopic (exact) mass is 496 g/mol. The second-order valence-electron chi connectivity index (χ2n) is 6.44. The van der Waals surface area contributed by atoms with Crippen LogP contribution in [0.2, 0.25) is 0 Å². The number of nitrogens with one attached hydrogen (secondary N) is 3. The molecule has 0 spiro atoms. The van der Waals surface area contributed by atoms with Crippen LogP contribution in [0.3, 0.4) is 0 Å². The molecule has 3 N–H and O–H groups in total. The molecule has 26 heavy (non-hydrogen) atoms. The number of halogens is 1. The van der Waals surface area contributed by atoms with Crippen molar-refractivity contribution in [3.05, 3.63) is 22.4 Å². The lowest BCUT2D eigenvalue weighted by Gasteiger charge is -2.22. The summed E-state index contributed by atoms with van der Waals surface area (Å²) >= 11 is 1.77. The first-order chi connectivity index (χ1) is 12.0. The van der Waals surface area contributed by atoms with Crippen LogP contribution in [0.15, 0.2) is 22.5 Å². The van der Waals surface area contributed by atoms with Gasteiger partial charge in [-0.05, 0) is 30.7 Å². The lowest BCUT2D eigenvalue weighted by molar-refractivity contribution is 0.146. The Bertz CT molecular complexity index is 523. The Morgan fingerprint density at radius 1 is 1.27 bits per heavy atom. The van der Waals surface area contributed by atoms with Crippen LogP contribution in [0.1, 0.15) is 44.9 Å². The van der Waals surface area contributed by atoms with Crippen molar-refractivity contribution in [1.82, 2.24) is 16.0 Å². The molecule has 0 saturated heterocycles. The zero-order valence-electron chi connectivity index (χ0n) is 16.4. The summed E-state index contributed by atoms with van der Waals surface area (Å²) in [5, 5.41) is 11.6. The van der Waals surface area contributed by atoms with Gasteiger partial charge in [0.05, 0.1) is 6.61 Å². The van der Waals surface area contributed by atoms with E-state index in [-0.39, 0.29) is 36.1 Å². The molecule has 6 nitrogen and oxygen atoms in total. The zero-order valence-corrected chi connectivity index (χ0v) is 19.5. The number of nitrogens with zero attached hydrogens (tertiary/aromatic N) is 1. The van der Waals surface area contributed by atoms with Gasteiger partial charge in [-0.3, -0.25) is 4.99 Å². The van der Waals surface area contributed by atoms with Crippen LogP contribution in [0.4, 0.5) is 4.79 Å². The van der Waals surface area contributed by atoms with Gasteiger partial charge < -0.3 is 20.7 Å². The predicted octanol–water partition coefficient (Wildman–Crippen LogP) is 3.80. The Hall–Kier alpha value is -1.03. The summed E-state index contributed by atoms with van der Waals surface area (Å²) < 4.78 is 4.98. The molecular formula is C18H33IN4O2S. The molecule has 1 aromatic heterocycles. The fraction of sp³-hybridized carbons (Fsp3) is 0.667. The predicted molar refractivity (Wildman–Crippen MR) is 121 cm³/mol. The number of alkyl carbamates (subject to hydrolysis) is 1. The number of hydrogen-bond donors (Lipinski definition) is 3. The molecule has 0 aliphatic rings. The molecule has 1 amide bonds. The first kappa shape index (κ1) is 25.0. The normalized spacial score (nSPS) is 13.5. The first-order valence-corrected chi connectivity index (χ1v) is 9.75. The number of ether oxygens (including phenoxy) is 1. The highest BCUT2D eigenvalue weighted by molar-refractivity contribution is 14.0. The molecule has 0 fully saturated rings. The average Bonchev–Trinajstić information content (AvgIpc) is 3.08. The van der Waals surface area contributed by atoms with E-state index in [0.29, 0.717) is 25.0 Å². The van der Waals surface area contributed by atoms with Crippen molar-refractivity contribution in [2.24, 2.45) is 10.9 Å². The highest BCUT2D eigenvalue weighted by Gasteiger charge is 2.15. The average molecular weight is 496 g/mol. The van der Waals surface area contributed by atoms with Gasteiger partial charge in [-0.25, -0.2) is 4.79 Å². The minimum absolute atomic E-state index is 0. The molecule has 150 valence electrons. The van der Waals surface area contributed by atoms with Crippen molar-refractivity contribution < 1.29 is 9.53 Å². The Morgan fingerprint density at radius 2 is 1.96 bits per heavy atom. The molecule has 0 bridgehead atoms. The number of amides is 1. The van der Waals surface area contributed by atoms with Gasteiger partial charge in [0.15, 0.2) is 5.96 Å². The highest BCUT2D eigenvalue weighted by atomic mass is 127. The lowest BCUT2D eigenvalue weighted by Crippen LogP contribution is -2.48.